The minimum Gasteiger partial charge on any atom is -0.379 e. The van der Waals surface area contributed by atoms with E-state index in [1.165, 1.54) is 10.5 Å². The summed E-state index contributed by atoms with van der Waals surface area (Å²) in [5.74, 6) is -0.669. The smallest absolute Gasteiger partial charge is 0.252 e. The van der Waals surface area contributed by atoms with Crippen LogP contribution < -0.4 is 11.1 Å². The predicted molar refractivity (Wildman–Crippen MR) is 129 cm³/mol. The highest BCUT2D eigenvalue weighted by molar-refractivity contribution is 7.89. The molecule has 1 amide bonds. The molecule has 0 unspecified atom stereocenters. The minimum atomic E-state index is -3.76. The highest BCUT2D eigenvalue weighted by Gasteiger charge is 2.28. The van der Waals surface area contributed by atoms with Crippen LogP contribution in [0.3, 0.4) is 0 Å². The van der Waals surface area contributed by atoms with E-state index in [9.17, 15) is 13.2 Å². The zero-order valence-corrected chi connectivity index (χ0v) is 19.6. The van der Waals surface area contributed by atoms with E-state index in [0.717, 1.165) is 10.9 Å². The van der Waals surface area contributed by atoms with Crippen molar-refractivity contribution in [1.82, 2.24) is 19.1 Å². The Kier molecular flexibility index (Phi) is 5.47. The maximum atomic E-state index is 13.4. The molecule has 4 aromatic rings. The molecule has 1 fully saturated rings. The molecule has 0 bridgehead atoms. The molecule has 1 aliphatic rings. The van der Waals surface area contributed by atoms with Crippen molar-refractivity contribution in [2.75, 3.05) is 31.6 Å². The van der Waals surface area contributed by atoms with Gasteiger partial charge in [-0.1, -0.05) is 0 Å². The Hall–Kier alpha value is -3.54. The summed E-state index contributed by atoms with van der Waals surface area (Å²) in [4.78, 5) is 16.8. The van der Waals surface area contributed by atoms with Gasteiger partial charge in [0.15, 0.2) is 0 Å². The zero-order valence-electron chi connectivity index (χ0n) is 18.8. The van der Waals surface area contributed by atoms with Crippen LogP contribution in [0.2, 0.25) is 0 Å². The van der Waals surface area contributed by atoms with Gasteiger partial charge >= 0.3 is 0 Å². The molecule has 3 heterocycles. The lowest BCUT2D eigenvalue weighted by Gasteiger charge is -2.26. The van der Waals surface area contributed by atoms with Crippen LogP contribution in [0, 0.1) is 6.92 Å². The molecule has 1 saturated heterocycles. The van der Waals surface area contributed by atoms with E-state index in [1.54, 1.807) is 29.9 Å². The van der Waals surface area contributed by atoms with Crippen LogP contribution in [0.1, 0.15) is 15.9 Å². The Balaban J connectivity index is 1.69. The summed E-state index contributed by atoms with van der Waals surface area (Å²) in [6, 6.07) is 8.84. The van der Waals surface area contributed by atoms with Crippen molar-refractivity contribution in [2.24, 2.45) is 12.8 Å². The quantitative estimate of drug-likeness (QED) is 0.448. The predicted octanol–water partition coefficient (Wildman–Crippen LogP) is 2.29. The fraction of sp³-hybridized carbons (Fsp3) is 0.261. The molecule has 10 nitrogen and oxygen atoms in total. The fourth-order valence-corrected chi connectivity index (χ4v) is 5.74. The van der Waals surface area contributed by atoms with Gasteiger partial charge in [-0.2, -0.15) is 9.40 Å². The van der Waals surface area contributed by atoms with Gasteiger partial charge in [-0.25, -0.2) is 8.42 Å². The van der Waals surface area contributed by atoms with Gasteiger partial charge in [-0.3, -0.25) is 14.5 Å². The Morgan fingerprint density at radius 3 is 2.65 bits per heavy atom. The number of aromatic nitrogens is 3. The van der Waals surface area contributed by atoms with E-state index in [4.69, 9.17) is 10.5 Å². The number of nitrogens with one attached hydrogen (secondary N) is 1. The monoisotopic (exact) mass is 480 g/mol. The van der Waals surface area contributed by atoms with Gasteiger partial charge in [-0.15, -0.1) is 0 Å². The van der Waals surface area contributed by atoms with Crippen LogP contribution in [0.25, 0.3) is 21.8 Å². The van der Waals surface area contributed by atoms with Crippen molar-refractivity contribution in [3.8, 4) is 0 Å². The summed E-state index contributed by atoms with van der Waals surface area (Å²) in [6.45, 7) is 3.07. The second-order valence-electron chi connectivity index (χ2n) is 8.23. The van der Waals surface area contributed by atoms with E-state index in [-0.39, 0.29) is 23.5 Å². The number of nitrogens with zero attached hydrogens (tertiary/aromatic N) is 4. The maximum absolute atomic E-state index is 13.4. The molecule has 3 N–H and O–H groups in total. The number of amides is 1. The molecule has 0 radical (unpaired) electrons. The fourth-order valence-electron chi connectivity index (χ4n) is 4.22. The number of benzene rings is 2. The van der Waals surface area contributed by atoms with Crippen LogP contribution in [0.4, 0.5) is 11.4 Å². The van der Waals surface area contributed by atoms with Gasteiger partial charge in [0, 0.05) is 42.8 Å². The lowest BCUT2D eigenvalue weighted by molar-refractivity contribution is 0.0730. The normalized spacial score (nSPS) is 15.1. The number of nitrogens with two attached hydrogens (primary N) is 1. The number of carbonyl (C=O) groups excluding carboxylic acids is 1. The number of ether oxygens (including phenoxy) is 1. The van der Waals surface area contributed by atoms with Crippen LogP contribution >= 0.6 is 0 Å². The van der Waals surface area contributed by atoms with Gasteiger partial charge in [0.1, 0.15) is 0 Å². The molecule has 0 spiro atoms. The number of morpholine rings is 1. The number of hydrogen-bond donors (Lipinski definition) is 2. The van der Waals surface area contributed by atoms with Crippen LogP contribution in [0.5, 0.6) is 0 Å². The first-order valence-corrected chi connectivity index (χ1v) is 12.2. The van der Waals surface area contributed by atoms with Gasteiger partial charge < -0.3 is 15.8 Å². The van der Waals surface area contributed by atoms with E-state index < -0.39 is 15.9 Å². The van der Waals surface area contributed by atoms with Gasteiger partial charge in [0.25, 0.3) is 5.91 Å². The number of anilines is 2. The van der Waals surface area contributed by atoms with Gasteiger partial charge in [0.05, 0.1) is 46.6 Å². The first-order valence-electron chi connectivity index (χ1n) is 10.8. The second-order valence-corrected chi connectivity index (χ2v) is 10.2. The average molecular weight is 481 g/mol. The summed E-state index contributed by atoms with van der Waals surface area (Å²) in [7, 11) is -1.91. The number of aryl methyl sites for hydroxylation is 2. The average Bonchev–Trinajstić information content (AvgIpc) is 3.19. The van der Waals surface area contributed by atoms with Crippen molar-refractivity contribution in [1.29, 1.82) is 0 Å². The number of fused-ring (bicyclic) bond motifs is 2. The minimum absolute atomic E-state index is 0.132. The molecule has 176 valence electrons. The molecule has 1 aliphatic heterocycles. The Morgan fingerprint density at radius 2 is 1.91 bits per heavy atom. The van der Waals surface area contributed by atoms with E-state index >= 15 is 0 Å². The molecule has 0 saturated carbocycles. The second kappa shape index (κ2) is 8.35. The summed E-state index contributed by atoms with van der Waals surface area (Å²) in [5, 5.41) is 9.00. The lowest BCUT2D eigenvalue weighted by Crippen LogP contribution is -2.40. The molecule has 34 heavy (non-hydrogen) atoms. The molecule has 5 rings (SSSR count). The zero-order chi connectivity index (χ0) is 24.0. The van der Waals surface area contributed by atoms with E-state index in [2.05, 4.69) is 15.4 Å². The third-order valence-corrected chi connectivity index (χ3v) is 7.90. The van der Waals surface area contributed by atoms with Crippen molar-refractivity contribution in [3.63, 3.8) is 0 Å². The lowest BCUT2D eigenvalue weighted by atomic mass is 10.1. The van der Waals surface area contributed by atoms with Crippen molar-refractivity contribution < 1.29 is 17.9 Å². The van der Waals surface area contributed by atoms with E-state index in [0.29, 0.717) is 41.1 Å². The van der Waals surface area contributed by atoms with Crippen molar-refractivity contribution in [3.05, 3.63) is 53.9 Å². The maximum Gasteiger partial charge on any atom is 0.252 e. The SMILES string of the molecule is Cc1cc(S(=O)(=O)N2CCOCC2)cc2c(Nc3ccc4cnn(C)c4c3)c(C(N)=O)cnc12. The molecule has 2 aromatic heterocycles. The summed E-state index contributed by atoms with van der Waals surface area (Å²) in [6.07, 6.45) is 3.18. The van der Waals surface area contributed by atoms with E-state index in [1.807, 2.05) is 25.2 Å². The molecular weight excluding hydrogens is 456 g/mol. The number of sulfonamides is 1. The van der Waals surface area contributed by atoms with Gasteiger partial charge in [0.2, 0.25) is 10.0 Å². The molecule has 0 atom stereocenters. The summed E-state index contributed by atoms with van der Waals surface area (Å²) < 4.78 is 35.2. The van der Waals surface area contributed by atoms with Crippen molar-refractivity contribution in [2.45, 2.75) is 11.8 Å². The number of primary amides is 1. The number of rotatable bonds is 5. The Bertz CT molecular complexity index is 1540. The summed E-state index contributed by atoms with van der Waals surface area (Å²) in [5.41, 5.74) is 9.08. The number of pyridine rings is 1. The van der Waals surface area contributed by atoms with Crippen molar-refractivity contribution >= 4 is 49.1 Å². The van der Waals surface area contributed by atoms with Gasteiger partial charge in [-0.05, 0) is 42.8 Å². The largest absolute Gasteiger partial charge is 0.379 e. The first-order chi connectivity index (χ1) is 16.3. The number of hydrogen-bond acceptors (Lipinski definition) is 7. The van der Waals surface area contributed by atoms with Crippen LogP contribution in [0.15, 0.2) is 47.6 Å². The Morgan fingerprint density at radius 1 is 1.15 bits per heavy atom. The van der Waals surface area contributed by atoms with Crippen LogP contribution in [-0.4, -0.2) is 59.7 Å². The molecule has 11 heteroatoms. The molecule has 2 aromatic carbocycles. The standard InChI is InChI=1S/C23H24N6O4S/c1-14-9-17(34(31,32)29-5-7-33-8-6-29)11-18-21(14)25-13-19(23(24)30)22(18)27-16-4-3-15-12-26-28(2)20(15)10-16/h3-4,9-13H,5-8H2,1-2H3,(H2,24,30)(H,25,27). The molecular formula is C23H24N6O4S. The number of carbonyl (C=O) groups is 1. The third kappa shape index (κ3) is 3.77. The topological polar surface area (TPSA) is 132 Å². The highest BCUT2D eigenvalue weighted by Crippen LogP contribution is 2.34. The highest BCUT2D eigenvalue weighted by atomic mass is 32.2. The van der Waals surface area contributed by atoms with Crippen LogP contribution in [-0.2, 0) is 21.8 Å². The summed E-state index contributed by atoms with van der Waals surface area (Å²) >= 11 is 0. The third-order valence-electron chi connectivity index (χ3n) is 6.03. The first kappa shape index (κ1) is 22.3. The molecule has 0 aliphatic carbocycles. The Labute approximate surface area is 196 Å².